The minimum atomic E-state index is 0.657. The average molecular weight is 400 g/mol. The normalized spacial score (nSPS) is 11.9. The molecule has 140 valence electrons. The molecule has 1 aromatic heterocycles. The molecule has 0 spiro atoms. The van der Waals surface area contributed by atoms with Gasteiger partial charge in [0.1, 0.15) is 5.75 Å². The summed E-state index contributed by atoms with van der Waals surface area (Å²) in [6, 6.07) is 7.67. The monoisotopic (exact) mass is 399 g/mol. The first-order valence-electron chi connectivity index (χ1n) is 8.28. The summed E-state index contributed by atoms with van der Waals surface area (Å²) in [5.74, 6) is 0.765. The smallest absolute Gasteiger partial charge is 0.128 e. The van der Waals surface area contributed by atoms with Crippen molar-refractivity contribution in [3.63, 3.8) is 0 Å². The minimum absolute atomic E-state index is 0.657. The van der Waals surface area contributed by atoms with Crippen molar-refractivity contribution in [1.82, 2.24) is 4.98 Å². The molecule has 4 nitrogen and oxygen atoms in total. The van der Waals surface area contributed by atoms with Crippen LogP contribution in [0.4, 0.5) is 5.69 Å². The molecule has 0 saturated carbocycles. The van der Waals surface area contributed by atoms with Crippen LogP contribution in [0.5, 0.6) is 5.75 Å². The number of benzene rings is 1. The van der Waals surface area contributed by atoms with Crippen LogP contribution in [0.1, 0.15) is 19.4 Å². The zero-order valence-electron chi connectivity index (χ0n) is 15.6. The third-order valence-corrected chi connectivity index (χ3v) is 4.79. The summed E-state index contributed by atoms with van der Waals surface area (Å²) < 4.78 is 8.78. The number of nitrogens with one attached hydrogen (secondary N) is 1. The van der Waals surface area contributed by atoms with Crippen molar-refractivity contribution in [2.45, 2.75) is 18.7 Å². The number of hydrogen-bond donors (Lipinski definition) is 1. The highest BCUT2D eigenvalue weighted by Crippen LogP contribution is 2.30. The molecule has 2 aromatic rings. The predicted octanol–water partition coefficient (Wildman–Crippen LogP) is 6.43. The SMILES string of the molecule is C=C(C)N=CC(=C\C)/C=C/c1ccc(NSc2cnccc2Cl)cc1OC. The number of pyridine rings is 1. The Morgan fingerprint density at radius 2 is 2.19 bits per heavy atom. The predicted molar refractivity (Wildman–Crippen MR) is 118 cm³/mol. The van der Waals surface area contributed by atoms with Crippen molar-refractivity contribution in [2.24, 2.45) is 4.99 Å². The van der Waals surface area contributed by atoms with Crippen LogP contribution in [-0.2, 0) is 0 Å². The van der Waals surface area contributed by atoms with Crippen LogP contribution < -0.4 is 9.46 Å². The number of halogens is 1. The molecule has 0 bridgehead atoms. The summed E-state index contributed by atoms with van der Waals surface area (Å²) in [6.45, 7) is 7.60. The quantitative estimate of drug-likeness (QED) is 0.315. The molecule has 0 unspecified atom stereocenters. The van der Waals surface area contributed by atoms with Gasteiger partial charge in [-0.3, -0.25) is 9.98 Å². The Balaban J connectivity index is 2.12. The van der Waals surface area contributed by atoms with Crippen molar-refractivity contribution >= 4 is 41.5 Å². The van der Waals surface area contributed by atoms with E-state index in [1.807, 2.05) is 50.3 Å². The van der Waals surface area contributed by atoms with E-state index in [0.29, 0.717) is 5.02 Å². The summed E-state index contributed by atoms with van der Waals surface area (Å²) in [4.78, 5) is 9.16. The number of aromatic nitrogens is 1. The zero-order valence-corrected chi connectivity index (χ0v) is 17.1. The first-order chi connectivity index (χ1) is 13.0. The summed E-state index contributed by atoms with van der Waals surface area (Å²) in [5, 5.41) is 0.657. The van der Waals surface area contributed by atoms with Crippen molar-refractivity contribution in [1.29, 1.82) is 0 Å². The number of hydrogen-bond acceptors (Lipinski definition) is 5. The van der Waals surface area contributed by atoms with Crippen LogP contribution in [0.15, 0.2) is 76.5 Å². The van der Waals surface area contributed by atoms with Crippen molar-refractivity contribution < 1.29 is 4.74 Å². The Morgan fingerprint density at radius 3 is 2.85 bits per heavy atom. The van der Waals surface area contributed by atoms with E-state index in [9.17, 15) is 0 Å². The molecule has 6 heteroatoms. The zero-order chi connectivity index (χ0) is 19.6. The summed E-state index contributed by atoms with van der Waals surface area (Å²) in [5.41, 5.74) is 3.63. The highest BCUT2D eigenvalue weighted by molar-refractivity contribution is 8.00. The van der Waals surface area contributed by atoms with Gasteiger partial charge in [0.2, 0.25) is 0 Å². The summed E-state index contributed by atoms with van der Waals surface area (Å²) >= 11 is 7.55. The Kier molecular flexibility index (Phi) is 8.17. The van der Waals surface area contributed by atoms with Crippen molar-refractivity contribution in [2.75, 3.05) is 11.8 Å². The van der Waals surface area contributed by atoms with E-state index in [-0.39, 0.29) is 0 Å². The maximum Gasteiger partial charge on any atom is 0.128 e. The topological polar surface area (TPSA) is 46.5 Å². The lowest BCUT2D eigenvalue weighted by Crippen LogP contribution is -1.92. The Morgan fingerprint density at radius 1 is 1.37 bits per heavy atom. The van der Waals surface area contributed by atoms with Gasteiger partial charge in [-0.25, -0.2) is 0 Å². The van der Waals surface area contributed by atoms with Crippen LogP contribution in [-0.4, -0.2) is 18.3 Å². The van der Waals surface area contributed by atoms with Gasteiger partial charge in [-0.05, 0) is 49.6 Å². The first kappa shape index (κ1) is 20.8. The van der Waals surface area contributed by atoms with E-state index >= 15 is 0 Å². The van der Waals surface area contributed by atoms with Gasteiger partial charge in [-0.1, -0.05) is 36.4 Å². The fourth-order valence-electron chi connectivity index (χ4n) is 2.05. The van der Waals surface area contributed by atoms with Gasteiger partial charge in [0, 0.05) is 41.6 Å². The minimum Gasteiger partial charge on any atom is -0.496 e. The number of methoxy groups -OCH3 is 1. The van der Waals surface area contributed by atoms with Gasteiger partial charge in [0.25, 0.3) is 0 Å². The Hall–Kier alpha value is -2.50. The van der Waals surface area contributed by atoms with Gasteiger partial charge in [0.05, 0.1) is 17.0 Å². The molecule has 0 aliphatic rings. The van der Waals surface area contributed by atoms with Crippen LogP contribution in [0.3, 0.4) is 0 Å². The van der Waals surface area contributed by atoms with E-state index in [4.69, 9.17) is 16.3 Å². The van der Waals surface area contributed by atoms with Crippen molar-refractivity contribution in [3.8, 4) is 5.75 Å². The van der Waals surface area contributed by atoms with Crippen LogP contribution >= 0.6 is 23.5 Å². The van der Waals surface area contributed by atoms with Crippen LogP contribution in [0.2, 0.25) is 5.02 Å². The number of rotatable bonds is 8. The fourth-order valence-corrected chi connectivity index (χ4v) is 2.90. The second kappa shape index (κ2) is 10.6. The van der Waals surface area contributed by atoms with Gasteiger partial charge < -0.3 is 9.46 Å². The lowest BCUT2D eigenvalue weighted by Gasteiger charge is -2.10. The number of aliphatic imine (C=N–C) groups is 1. The lowest BCUT2D eigenvalue weighted by molar-refractivity contribution is 0.414. The molecule has 1 heterocycles. The molecule has 0 aliphatic carbocycles. The second-order valence-electron chi connectivity index (χ2n) is 5.58. The number of nitrogens with zero attached hydrogens (tertiary/aromatic N) is 2. The molecule has 1 N–H and O–H groups in total. The molecule has 0 aliphatic heterocycles. The highest BCUT2D eigenvalue weighted by Gasteiger charge is 2.05. The van der Waals surface area contributed by atoms with Gasteiger partial charge in [0.15, 0.2) is 0 Å². The second-order valence-corrected chi connectivity index (χ2v) is 6.84. The number of anilines is 1. The molecular formula is C21H22ClN3OS. The Labute approximate surface area is 169 Å². The maximum absolute atomic E-state index is 6.15. The Bertz CT molecular complexity index is 891. The highest BCUT2D eigenvalue weighted by atomic mass is 35.5. The molecular weight excluding hydrogens is 378 g/mol. The van der Waals surface area contributed by atoms with Crippen molar-refractivity contribution in [3.05, 3.63) is 77.2 Å². The first-order valence-corrected chi connectivity index (χ1v) is 9.47. The van der Waals surface area contributed by atoms with E-state index in [2.05, 4.69) is 21.3 Å². The average Bonchev–Trinajstić information content (AvgIpc) is 2.67. The molecule has 2 rings (SSSR count). The van der Waals surface area contributed by atoms with Gasteiger partial charge in [-0.2, -0.15) is 0 Å². The lowest BCUT2D eigenvalue weighted by atomic mass is 10.1. The molecule has 0 fully saturated rings. The molecule has 0 radical (unpaired) electrons. The third-order valence-electron chi connectivity index (χ3n) is 3.47. The van der Waals surface area contributed by atoms with E-state index in [1.165, 1.54) is 11.9 Å². The standard InChI is InChI=1S/C21H22ClN3OS/c1-5-16(13-24-15(2)3)6-7-17-8-9-18(12-20(17)26-4)25-27-21-14-23-11-10-19(21)22/h5-14,25H,2H2,1,3-4H3/b7-6+,16-5-,24-13?. The molecule has 27 heavy (non-hydrogen) atoms. The number of ether oxygens (including phenoxy) is 1. The van der Waals surface area contributed by atoms with Crippen LogP contribution in [0, 0.1) is 0 Å². The van der Waals surface area contributed by atoms with E-state index < -0.39 is 0 Å². The summed E-state index contributed by atoms with van der Waals surface area (Å²) in [6.07, 6.45) is 11.1. The van der Waals surface area contributed by atoms with Gasteiger partial charge in [-0.15, -0.1) is 0 Å². The van der Waals surface area contributed by atoms with Crippen LogP contribution in [0.25, 0.3) is 6.08 Å². The van der Waals surface area contributed by atoms with Gasteiger partial charge >= 0.3 is 0 Å². The molecule has 1 aromatic carbocycles. The molecule has 0 saturated heterocycles. The summed E-state index contributed by atoms with van der Waals surface area (Å²) in [7, 11) is 1.65. The van der Waals surface area contributed by atoms with E-state index in [0.717, 1.165) is 33.2 Å². The number of allylic oxidation sites excluding steroid dienone is 4. The molecule has 0 amide bonds. The molecule has 0 atom stereocenters. The third kappa shape index (κ3) is 6.62. The fraction of sp³-hybridized carbons (Fsp3) is 0.143. The maximum atomic E-state index is 6.15. The van der Waals surface area contributed by atoms with E-state index in [1.54, 1.807) is 31.8 Å². The largest absolute Gasteiger partial charge is 0.496 e.